The van der Waals surface area contributed by atoms with Gasteiger partial charge in [0.15, 0.2) is 5.78 Å². The van der Waals surface area contributed by atoms with Gasteiger partial charge in [-0.2, -0.15) is 0 Å². The van der Waals surface area contributed by atoms with Crippen molar-refractivity contribution in [3.8, 4) is 0 Å². The Labute approximate surface area is 160 Å². The van der Waals surface area contributed by atoms with Crippen LogP contribution in [0.5, 0.6) is 0 Å². The SMILES string of the molecule is N=C1N(c2ccccc2)C(=O)/C(=C\C(=O)c2cccs2)N1c1ccccc1. The number of hydrogen-bond donors (Lipinski definition) is 1. The summed E-state index contributed by atoms with van der Waals surface area (Å²) >= 11 is 1.32. The predicted octanol–water partition coefficient (Wildman–Crippen LogP) is 4.30. The van der Waals surface area contributed by atoms with Crippen LogP contribution >= 0.6 is 11.3 Å². The molecule has 0 bridgehead atoms. The van der Waals surface area contributed by atoms with Crippen LogP contribution in [0.1, 0.15) is 9.67 Å². The van der Waals surface area contributed by atoms with Gasteiger partial charge in [0.1, 0.15) is 5.70 Å². The van der Waals surface area contributed by atoms with E-state index in [1.807, 2.05) is 29.6 Å². The van der Waals surface area contributed by atoms with Crippen LogP contribution in [0.2, 0.25) is 0 Å². The molecule has 0 aliphatic carbocycles. The quantitative estimate of drug-likeness (QED) is 0.548. The lowest BCUT2D eigenvalue weighted by Gasteiger charge is -2.20. The number of benzene rings is 2. The number of rotatable bonds is 4. The Morgan fingerprint density at radius 1 is 0.852 bits per heavy atom. The van der Waals surface area contributed by atoms with Gasteiger partial charge in [-0.25, -0.2) is 4.90 Å². The number of allylic oxidation sites excluding steroid dienone is 1. The number of amides is 1. The fraction of sp³-hybridized carbons (Fsp3) is 0. The molecule has 1 N–H and O–H groups in total. The number of nitrogens with zero attached hydrogens (tertiary/aromatic N) is 2. The summed E-state index contributed by atoms with van der Waals surface area (Å²) in [5, 5.41) is 10.4. The van der Waals surface area contributed by atoms with Crippen molar-refractivity contribution in [2.45, 2.75) is 0 Å². The Morgan fingerprint density at radius 2 is 1.44 bits per heavy atom. The first-order chi connectivity index (χ1) is 13.2. The van der Waals surface area contributed by atoms with Gasteiger partial charge in [0.25, 0.3) is 5.91 Å². The highest BCUT2D eigenvalue weighted by Gasteiger charge is 2.40. The molecule has 4 rings (SSSR count). The van der Waals surface area contributed by atoms with E-state index in [4.69, 9.17) is 5.41 Å². The minimum Gasteiger partial charge on any atom is -0.288 e. The highest BCUT2D eigenvalue weighted by molar-refractivity contribution is 7.12. The lowest BCUT2D eigenvalue weighted by atomic mass is 10.2. The molecule has 6 heteroatoms. The Morgan fingerprint density at radius 3 is 2.00 bits per heavy atom. The Kier molecular flexibility index (Phi) is 4.40. The van der Waals surface area contributed by atoms with E-state index in [9.17, 15) is 9.59 Å². The highest BCUT2D eigenvalue weighted by atomic mass is 32.1. The molecule has 1 saturated heterocycles. The van der Waals surface area contributed by atoms with Gasteiger partial charge in [-0.1, -0.05) is 42.5 Å². The van der Waals surface area contributed by atoms with Crippen molar-refractivity contribution in [1.82, 2.24) is 0 Å². The van der Waals surface area contributed by atoms with Crippen molar-refractivity contribution in [2.75, 3.05) is 9.80 Å². The maximum absolute atomic E-state index is 13.1. The standard InChI is InChI=1S/C21H15N3O2S/c22-21-23(15-8-3-1-4-9-15)17(14-18(25)19-12-7-13-27-19)20(26)24(21)16-10-5-2-6-11-16/h1-14,22H/b17-14+,22-21?. The number of ketones is 1. The molecule has 1 fully saturated rings. The molecule has 1 aromatic heterocycles. The molecule has 1 amide bonds. The van der Waals surface area contributed by atoms with Crippen LogP contribution in [-0.2, 0) is 4.79 Å². The second-order valence-corrected chi connectivity index (χ2v) is 6.79. The molecule has 1 aliphatic heterocycles. The van der Waals surface area contributed by atoms with E-state index in [0.717, 1.165) is 0 Å². The molecule has 2 aromatic carbocycles. The zero-order valence-electron chi connectivity index (χ0n) is 14.2. The monoisotopic (exact) mass is 373 g/mol. The maximum Gasteiger partial charge on any atom is 0.282 e. The molecule has 0 spiro atoms. The van der Waals surface area contributed by atoms with Gasteiger partial charge >= 0.3 is 0 Å². The van der Waals surface area contributed by atoms with E-state index in [1.165, 1.54) is 27.2 Å². The largest absolute Gasteiger partial charge is 0.288 e. The van der Waals surface area contributed by atoms with Crippen molar-refractivity contribution in [2.24, 2.45) is 0 Å². The van der Waals surface area contributed by atoms with E-state index in [1.54, 1.807) is 48.5 Å². The van der Waals surface area contributed by atoms with Crippen molar-refractivity contribution in [3.05, 3.63) is 94.8 Å². The third-order valence-corrected chi connectivity index (χ3v) is 5.03. The van der Waals surface area contributed by atoms with Gasteiger partial charge in [-0.3, -0.25) is 19.9 Å². The van der Waals surface area contributed by atoms with Gasteiger partial charge in [0.2, 0.25) is 5.96 Å². The van der Waals surface area contributed by atoms with E-state index >= 15 is 0 Å². The first-order valence-corrected chi connectivity index (χ1v) is 9.17. The van der Waals surface area contributed by atoms with Crippen molar-refractivity contribution in [1.29, 1.82) is 5.41 Å². The van der Waals surface area contributed by atoms with Gasteiger partial charge < -0.3 is 0 Å². The first kappa shape index (κ1) is 16.9. The van der Waals surface area contributed by atoms with Crippen LogP contribution in [0.3, 0.4) is 0 Å². The fourth-order valence-corrected chi connectivity index (χ4v) is 3.55. The summed E-state index contributed by atoms with van der Waals surface area (Å²) in [7, 11) is 0. The molecule has 5 nitrogen and oxygen atoms in total. The second-order valence-electron chi connectivity index (χ2n) is 5.84. The van der Waals surface area contributed by atoms with Gasteiger partial charge in [0.05, 0.1) is 10.6 Å². The second kappa shape index (κ2) is 7.01. The summed E-state index contributed by atoms with van der Waals surface area (Å²) in [5.41, 5.74) is 1.40. The van der Waals surface area contributed by atoms with Gasteiger partial charge in [-0.05, 0) is 35.7 Å². The Balaban J connectivity index is 1.82. The molecule has 0 radical (unpaired) electrons. The Bertz CT molecular complexity index is 1030. The zero-order chi connectivity index (χ0) is 18.8. The molecule has 2 heterocycles. The van der Waals surface area contributed by atoms with Crippen LogP contribution < -0.4 is 9.80 Å². The van der Waals surface area contributed by atoms with E-state index in [0.29, 0.717) is 16.3 Å². The lowest BCUT2D eigenvalue weighted by molar-refractivity contribution is -0.113. The van der Waals surface area contributed by atoms with E-state index in [-0.39, 0.29) is 17.4 Å². The van der Waals surface area contributed by atoms with Gasteiger partial charge in [0, 0.05) is 11.8 Å². The molecule has 0 atom stereocenters. The average molecular weight is 373 g/mol. The number of carbonyl (C=O) groups excluding carboxylic acids is 2. The number of para-hydroxylation sites is 2. The molecule has 0 unspecified atom stereocenters. The first-order valence-electron chi connectivity index (χ1n) is 8.29. The third-order valence-electron chi connectivity index (χ3n) is 4.15. The molecule has 27 heavy (non-hydrogen) atoms. The fourth-order valence-electron chi connectivity index (χ4n) is 2.92. The number of guanidine groups is 1. The summed E-state index contributed by atoms with van der Waals surface area (Å²) in [6.45, 7) is 0. The molecule has 132 valence electrons. The number of thiophene rings is 1. The molecule has 3 aromatic rings. The van der Waals surface area contributed by atoms with E-state index in [2.05, 4.69) is 0 Å². The number of anilines is 2. The summed E-state index contributed by atoms with van der Waals surface area (Å²) in [5.74, 6) is -0.667. The normalized spacial score (nSPS) is 15.6. The molecular weight excluding hydrogens is 358 g/mol. The summed E-state index contributed by atoms with van der Waals surface area (Å²) in [6, 6.07) is 21.6. The summed E-state index contributed by atoms with van der Waals surface area (Å²) in [6.07, 6.45) is 1.32. The van der Waals surface area contributed by atoms with Crippen molar-refractivity contribution >= 4 is 40.4 Å². The topological polar surface area (TPSA) is 64.5 Å². The Hall–Kier alpha value is -3.51. The zero-order valence-corrected chi connectivity index (χ0v) is 15.0. The smallest absolute Gasteiger partial charge is 0.282 e. The molecule has 1 aliphatic rings. The molecular formula is C21H15N3O2S. The number of hydrogen-bond acceptors (Lipinski definition) is 4. The highest BCUT2D eigenvalue weighted by Crippen LogP contribution is 2.31. The summed E-state index contributed by atoms with van der Waals surface area (Å²) in [4.78, 5) is 29.1. The number of carbonyl (C=O) groups is 2. The van der Waals surface area contributed by atoms with Gasteiger partial charge in [-0.15, -0.1) is 11.3 Å². The van der Waals surface area contributed by atoms with Crippen LogP contribution in [-0.4, -0.2) is 17.6 Å². The summed E-state index contributed by atoms with van der Waals surface area (Å²) < 4.78 is 0. The third kappa shape index (κ3) is 3.07. The lowest BCUT2D eigenvalue weighted by Crippen LogP contribution is -2.33. The number of nitrogens with one attached hydrogen (secondary N) is 1. The van der Waals surface area contributed by atoms with Crippen LogP contribution in [0, 0.1) is 5.41 Å². The minimum atomic E-state index is -0.403. The van der Waals surface area contributed by atoms with Crippen molar-refractivity contribution in [3.63, 3.8) is 0 Å². The van der Waals surface area contributed by atoms with Crippen LogP contribution in [0.15, 0.2) is 89.9 Å². The maximum atomic E-state index is 13.1. The molecule has 0 saturated carbocycles. The minimum absolute atomic E-state index is 0.0115. The van der Waals surface area contributed by atoms with Crippen LogP contribution in [0.4, 0.5) is 11.4 Å². The predicted molar refractivity (Wildman–Crippen MR) is 107 cm³/mol. The van der Waals surface area contributed by atoms with Crippen LogP contribution in [0.25, 0.3) is 0 Å². The average Bonchev–Trinajstić information content (AvgIpc) is 3.31. The van der Waals surface area contributed by atoms with Crippen molar-refractivity contribution < 1.29 is 9.59 Å². The van der Waals surface area contributed by atoms with E-state index < -0.39 is 5.91 Å².